The average Bonchev–Trinajstić information content (AvgIpc) is 2.70. The van der Waals surface area contributed by atoms with Gasteiger partial charge in [0.15, 0.2) is 0 Å². The molecule has 0 spiro atoms. The van der Waals surface area contributed by atoms with Crippen LogP contribution in [0.4, 0.5) is 13.2 Å². The predicted octanol–water partition coefficient (Wildman–Crippen LogP) is 3.89. The smallest absolute Gasteiger partial charge is 0.317 e. The Kier molecular flexibility index (Phi) is 3.92. The zero-order valence-corrected chi connectivity index (χ0v) is 11.2. The van der Waals surface area contributed by atoms with Gasteiger partial charge in [-0.15, -0.1) is 11.8 Å². The van der Waals surface area contributed by atoms with Crippen LogP contribution in [0.5, 0.6) is 0 Å². The molecule has 0 aromatic heterocycles. The van der Waals surface area contributed by atoms with Gasteiger partial charge in [-0.05, 0) is 50.1 Å². The highest BCUT2D eigenvalue weighted by molar-refractivity contribution is 7.99. The van der Waals surface area contributed by atoms with Gasteiger partial charge in [-0.3, -0.25) is 0 Å². The third-order valence-electron chi connectivity index (χ3n) is 3.35. The molecule has 100 valence electrons. The van der Waals surface area contributed by atoms with E-state index in [0.717, 1.165) is 22.6 Å². The lowest BCUT2D eigenvalue weighted by Crippen LogP contribution is -2.23. The van der Waals surface area contributed by atoms with Crippen LogP contribution in [0.15, 0.2) is 23.1 Å². The van der Waals surface area contributed by atoms with Crippen molar-refractivity contribution < 1.29 is 13.2 Å². The minimum absolute atomic E-state index is 0.217. The van der Waals surface area contributed by atoms with Gasteiger partial charge in [0.2, 0.25) is 0 Å². The first-order valence-corrected chi connectivity index (χ1v) is 6.91. The average molecular weight is 275 g/mol. The topological polar surface area (TPSA) is 12.0 Å². The molecule has 0 aliphatic carbocycles. The van der Waals surface area contributed by atoms with E-state index in [1.807, 2.05) is 7.05 Å². The molecule has 0 saturated heterocycles. The molecular weight excluding hydrogens is 259 g/mol. The van der Waals surface area contributed by atoms with Gasteiger partial charge >= 0.3 is 6.18 Å². The molecule has 2 unspecified atom stereocenters. The zero-order valence-electron chi connectivity index (χ0n) is 10.3. The molecule has 1 aromatic rings. The predicted molar refractivity (Wildman–Crippen MR) is 68.0 cm³/mol. The summed E-state index contributed by atoms with van der Waals surface area (Å²) in [5.74, 6) is 1.10. The Morgan fingerprint density at radius 2 is 2.17 bits per heavy atom. The summed E-state index contributed by atoms with van der Waals surface area (Å²) in [5.41, 5.74) is 0.322. The second-order valence-corrected chi connectivity index (χ2v) is 5.75. The fourth-order valence-electron chi connectivity index (χ4n) is 2.20. The summed E-state index contributed by atoms with van der Waals surface area (Å²) >= 11 is 1.65. The number of halogens is 3. The summed E-state index contributed by atoms with van der Waals surface area (Å²) < 4.78 is 38.1. The van der Waals surface area contributed by atoms with E-state index in [4.69, 9.17) is 0 Å². The van der Waals surface area contributed by atoms with Gasteiger partial charge < -0.3 is 5.32 Å². The number of benzene rings is 1. The number of rotatable bonds is 3. The van der Waals surface area contributed by atoms with E-state index in [1.54, 1.807) is 17.8 Å². The van der Waals surface area contributed by atoms with E-state index >= 15 is 0 Å². The fourth-order valence-corrected chi connectivity index (χ4v) is 3.45. The summed E-state index contributed by atoms with van der Waals surface area (Å²) in [6.07, 6.45) is -3.38. The van der Waals surface area contributed by atoms with Crippen molar-refractivity contribution in [2.75, 3.05) is 12.8 Å². The monoisotopic (exact) mass is 275 g/mol. The summed E-state index contributed by atoms with van der Waals surface area (Å²) in [5, 5.41) is 3.14. The van der Waals surface area contributed by atoms with Crippen molar-refractivity contribution in [1.82, 2.24) is 5.32 Å². The van der Waals surface area contributed by atoms with Crippen LogP contribution in [-0.2, 0) is 6.18 Å². The van der Waals surface area contributed by atoms with Crippen LogP contribution in [0.2, 0.25) is 0 Å². The second-order valence-electron chi connectivity index (χ2n) is 4.68. The molecule has 1 aliphatic rings. The van der Waals surface area contributed by atoms with E-state index < -0.39 is 11.7 Å². The molecule has 1 aliphatic heterocycles. The summed E-state index contributed by atoms with van der Waals surface area (Å²) in [6, 6.07) is 4.42. The minimum Gasteiger partial charge on any atom is -0.317 e. The van der Waals surface area contributed by atoms with Gasteiger partial charge in [-0.2, -0.15) is 13.2 Å². The molecule has 0 bridgehead atoms. The van der Waals surface area contributed by atoms with E-state index in [0.29, 0.717) is 6.04 Å². The van der Waals surface area contributed by atoms with Gasteiger partial charge in [0.1, 0.15) is 0 Å². The highest BCUT2D eigenvalue weighted by Gasteiger charge is 2.33. The SMILES string of the molecule is CNC(C)CC1CSc2ccc(C(F)(F)F)cc21. The minimum atomic E-state index is -4.25. The number of alkyl halides is 3. The lowest BCUT2D eigenvalue weighted by Gasteiger charge is -2.17. The standard InChI is InChI=1S/C13H16F3NS/c1-8(17-2)5-9-7-18-12-4-3-10(6-11(9)12)13(14,15)16/h3-4,6,8-9,17H,5,7H2,1-2H3. The molecule has 0 amide bonds. The van der Waals surface area contributed by atoms with Crippen LogP contribution in [0, 0.1) is 0 Å². The van der Waals surface area contributed by atoms with E-state index in [9.17, 15) is 13.2 Å². The van der Waals surface area contributed by atoms with Crippen molar-refractivity contribution in [3.8, 4) is 0 Å². The van der Waals surface area contributed by atoms with Gasteiger partial charge in [0.05, 0.1) is 5.56 Å². The van der Waals surface area contributed by atoms with Crippen LogP contribution in [0.3, 0.4) is 0 Å². The molecule has 1 aromatic carbocycles. The Balaban J connectivity index is 2.25. The first kappa shape index (κ1) is 13.7. The van der Waals surface area contributed by atoms with Crippen LogP contribution in [0.25, 0.3) is 0 Å². The van der Waals surface area contributed by atoms with Crippen LogP contribution in [0.1, 0.15) is 30.4 Å². The van der Waals surface area contributed by atoms with Crippen molar-refractivity contribution in [2.24, 2.45) is 0 Å². The number of fused-ring (bicyclic) bond motifs is 1. The second kappa shape index (κ2) is 5.13. The van der Waals surface area contributed by atoms with Gasteiger partial charge in [0, 0.05) is 16.7 Å². The summed E-state index contributed by atoms with van der Waals surface area (Å²) in [4.78, 5) is 0.997. The van der Waals surface area contributed by atoms with E-state index in [1.165, 1.54) is 12.1 Å². The molecule has 1 nitrogen and oxygen atoms in total. The van der Waals surface area contributed by atoms with Crippen molar-refractivity contribution in [3.05, 3.63) is 29.3 Å². The molecule has 2 atom stereocenters. The molecule has 5 heteroatoms. The Hall–Kier alpha value is -0.680. The fraction of sp³-hybridized carbons (Fsp3) is 0.538. The van der Waals surface area contributed by atoms with E-state index in [2.05, 4.69) is 12.2 Å². The highest BCUT2D eigenvalue weighted by atomic mass is 32.2. The maximum Gasteiger partial charge on any atom is 0.416 e. The van der Waals surface area contributed by atoms with Crippen molar-refractivity contribution >= 4 is 11.8 Å². The van der Waals surface area contributed by atoms with Crippen LogP contribution in [-0.4, -0.2) is 18.8 Å². The number of thioether (sulfide) groups is 1. The lowest BCUT2D eigenvalue weighted by atomic mass is 9.93. The molecule has 18 heavy (non-hydrogen) atoms. The first-order valence-electron chi connectivity index (χ1n) is 5.93. The van der Waals surface area contributed by atoms with Crippen molar-refractivity contribution in [3.63, 3.8) is 0 Å². The quantitative estimate of drug-likeness (QED) is 0.898. The molecule has 2 rings (SSSR count). The molecule has 1 heterocycles. The largest absolute Gasteiger partial charge is 0.416 e. The molecule has 1 N–H and O–H groups in total. The first-order chi connectivity index (χ1) is 8.41. The van der Waals surface area contributed by atoms with Crippen LogP contribution < -0.4 is 5.32 Å². The molecule has 0 fully saturated rings. The van der Waals surface area contributed by atoms with Crippen LogP contribution >= 0.6 is 11.8 Å². The Morgan fingerprint density at radius 3 is 2.78 bits per heavy atom. The Bertz CT molecular complexity index is 431. The summed E-state index contributed by atoms with van der Waals surface area (Å²) in [6.45, 7) is 2.05. The Labute approximate surface area is 109 Å². The highest BCUT2D eigenvalue weighted by Crippen LogP contribution is 2.44. The summed E-state index contributed by atoms with van der Waals surface area (Å²) in [7, 11) is 1.87. The number of nitrogens with one attached hydrogen (secondary N) is 1. The van der Waals surface area contributed by atoms with Gasteiger partial charge in [-0.25, -0.2) is 0 Å². The third-order valence-corrected chi connectivity index (χ3v) is 4.60. The Morgan fingerprint density at radius 1 is 1.44 bits per heavy atom. The van der Waals surface area contributed by atoms with Gasteiger partial charge in [0.25, 0.3) is 0 Å². The molecule has 0 saturated carbocycles. The maximum absolute atomic E-state index is 12.7. The van der Waals surface area contributed by atoms with Crippen molar-refractivity contribution in [2.45, 2.75) is 36.4 Å². The lowest BCUT2D eigenvalue weighted by molar-refractivity contribution is -0.137. The normalized spacial score (nSPS) is 20.8. The molecular formula is C13H16F3NS. The van der Waals surface area contributed by atoms with E-state index in [-0.39, 0.29) is 5.92 Å². The third kappa shape index (κ3) is 2.83. The molecule has 0 radical (unpaired) electrons. The number of hydrogen-bond acceptors (Lipinski definition) is 2. The number of hydrogen-bond donors (Lipinski definition) is 1. The van der Waals surface area contributed by atoms with Crippen molar-refractivity contribution in [1.29, 1.82) is 0 Å². The maximum atomic E-state index is 12.7. The van der Waals surface area contributed by atoms with Gasteiger partial charge in [-0.1, -0.05) is 0 Å². The zero-order chi connectivity index (χ0) is 13.3.